The fraction of sp³-hybridized carbons (Fsp3) is 0.538. The predicted octanol–water partition coefficient (Wildman–Crippen LogP) is 0.753. The molecule has 1 rings (SSSR count). The van der Waals surface area contributed by atoms with E-state index in [0.29, 0.717) is 6.54 Å². The SMILES string of the molecule is CN(CCNCc1ccccc1)CCS(C)(=O)=O. The number of nitrogens with one attached hydrogen (secondary N) is 1. The van der Waals surface area contributed by atoms with E-state index in [2.05, 4.69) is 17.4 Å². The maximum absolute atomic E-state index is 11.0. The summed E-state index contributed by atoms with van der Waals surface area (Å²) < 4.78 is 22.0. The first kappa shape index (κ1) is 15.1. The minimum absolute atomic E-state index is 0.224. The molecule has 0 aliphatic carbocycles. The highest BCUT2D eigenvalue weighted by molar-refractivity contribution is 7.90. The zero-order valence-corrected chi connectivity index (χ0v) is 11.9. The first-order valence-corrected chi connectivity index (χ1v) is 8.14. The first-order chi connectivity index (χ1) is 8.47. The standard InChI is InChI=1S/C13H22N2O2S/c1-15(10-11-18(2,16)17)9-8-14-12-13-6-4-3-5-7-13/h3-7,14H,8-12H2,1-2H3. The van der Waals surface area contributed by atoms with Gasteiger partial charge in [-0.15, -0.1) is 0 Å². The molecule has 1 aromatic rings. The van der Waals surface area contributed by atoms with Crippen LogP contribution in [0.3, 0.4) is 0 Å². The third-order valence-electron chi connectivity index (χ3n) is 2.69. The van der Waals surface area contributed by atoms with Crippen molar-refractivity contribution in [1.82, 2.24) is 10.2 Å². The van der Waals surface area contributed by atoms with Crippen molar-refractivity contribution in [2.24, 2.45) is 0 Å². The van der Waals surface area contributed by atoms with Gasteiger partial charge in [-0.05, 0) is 12.6 Å². The Morgan fingerprint density at radius 1 is 1.17 bits per heavy atom. The zero-order valence-electron chi connectivity index (χ0n) is 11.1. The average Bonchev–Trinajstić information content (AvgIpc) is 2.33. The van der Waals surface area contributed by atoms with Crippen LogP contribution in [0.25, 0.3) is 0 Å². The Hall–Kier alpha value is -0.910. The molecule has 1 aromatic carbocycles. The summed E-state index contributed by atoms with van der Waals surface area (Å²) in [5.41, 5.74) is 1.26. The molecule has 0 aliphatic heterocycles. The van der Waals surface area contributed by atoms with Gasteiger partial charge in [-0.1, -0.05) is 30.3 Å². The highest BCUT2D eigenvalue weighted by atomic mass is 32.2. The summed E-state index contributed by atoms with van der Waals surface area (Å²) >= 11 is 0. The first-order valence-electron chi connectivity index (χ1n) is 6.08. The normalized spacial score (nSPS) is 11.9. The third kappa shape index (κ3) is 7.42. The van der Waals surface area contributed by atoms with E-state index in [-0.39, 0.29) is 5.75 Å². The molecule has 0 aliphatic rings. The number of hydrogen-bond acceptors (Lipinski definition) is 4. The Bertz CT molecular complexity index is 432. The van der Waals surface area contributed by atoms with Crippen LogP contribution in [0.1, 0.15) is 5.56 Å². The van der Waals surface area contributed by atoms with Gasteiger partial charge in [-0.2, -0.15) is 0 Å². The van der Waals surface area contributed by atoms with Crippen LogP contribution in [0.2, 0.25) is 0 Å². The Kier molecular flexibility index (Phi) is 6.32. The van der Waals surface area contributed by atoms with Crippen molar-refractivity contribution in [3.63, 3.8) is 0 Å². The molecule has 5 heteroatoms. The van der Waals surface area contributed by atoms with Crippen molar-refractivity contribution in [1.29, 1.82) is 0 Å². The molecule has 0 fully saturated rings. The van der Waals surface area contributed by atoms with Crippen LogP contribution in [-0.2, 0) is 16.4 Å². The van der Waals surface area contributed by atoms with Gasteiger partial charge in [-0.3, -0.25) is 0 Å². The van der Waals surface area contributed by atoms with E-state index in [4.69, 9.17) is 0 Å². The summed E-state index contributed by atoms with van der Waals surface area (Å²) in [4.78, 5) is 2.03. The van der Waals surface area contributed by atoms with Crippen molar-refractivity contribution >= 4 is 9.84 Å². The number of rotatable bonds is 8. The molecule has 0 saturated carbocycles. The van der Waals surface area contributed by atoms with Gasteiger partial charge in [-0.25, -0.2) is 8.42 Å². The van der Waals surface area contributed by atoms with Crippen LogP contribution in [-0.4, -0.2) is 52.0 Å². The highest BCUT2D eigenvalue weighted by Gasteiger charge is 2.04. The van der Waals surface area contributed by atoms with E-state index in [1.807, 2.05) is 30.1 Å². The summed E-state index contributed by atoms with van der Waals surface area (Å²) in [6.45, 7) is 3.14. The molecule has 4 nitrogen and oxygen atoms in total. The molecule has 0 atom stereocenters. The summed E-state index contributed by atoms with van der Waals surface area (Å²) in [6.07, 6.45) is 1.27. The minimum atomic E-state index is -2.85. The van der Waals surface area contributed by atoms with E-state index in [0.717, 1.165) is 19.6 Å². The lowest BCUT2D eigenvalue weighted by Crippen LogP contribution is -2.32. The van der Waals surface area contributed by atoms with Crippen LogP contribution in [0.5, 0.6) is 0 Å². The van der Waals surface area contributed by atoms with Crippen molar-refractivity contribution in [3.05, 3.63) is 35.9 Å². The maximum atomic E-state index is 11.0. The lowest BCUT2D eigenvalue weighted by atomic mass is 10.2. The van der Waals surface area contributed by atoms with Crippen molar-refractivity contribution in [2.75, 3.05) is 38.7 Å². The lowest BCUT2D eigenvalue weighted by Gasteiger charge is -2.16. The molecule has 102 valence electrons. The fourth-order valence-corrected chi connectivity index (χ4v) is 2.18. The number of benzene rings is 1. The second-order valence-electron chi connectivity index (χ2n) is 4.60. The summed E-state index contributed by atoms with van der Waals surface area (Å²) in [6, 6.07) is 10.2. The second kappa shape index (κ2) is 7.51. The maximum Gasteiger partial charge on any atom is 0.148 e. The Balaban J connectivity index is 2.11. The monoisotopic (exact) mass is 270 g/mol. The highest BCUT2D eigenvalue weighted by Crippen LogP contribution is 1.96. The lowest BCUT2D eigenvalue weighted by molar-refractivity contribution is 0.349. The van der Waals surface area contributed by atoms with Crippen LogP contribution in [0.4, 0.5) is 0 Å². The molecule has 1 N–H and O–H groups in total. The molecule has 0 radical (unpaired) electrons. The van der Waals surface area contributed by atoms with Gasteiger partial charge in [0.25, 0.3) is 0 Å². The molecule has 0 unspecified atom stereocenters. The van der Waals surface area contributed by atoms with E-state index in [1.54, 1.807) is 0 Å². The zero-order chi connectivity index (χ0) is 13.4. The molecular formula is C13H22N2O2S. The summed E-state index contributed by atoms with van der Waals surface area (Å²) in [5, 5.41) is 3.34. The van der Waals surface area contributed by atoms with E-state index < -0.39 is 9.84 Å². The molecule has 0 heterocycles. The second-order valence-corrected chi connectivity index (χ2v) is 6.86. The van der Waals surface area contributed by atoms with Gasteiger partial charge in [0.2, 0.25) is 0 Å². The quantitative estimate of drug-likeness (QED) is 0.708. The smallest absolute Gasteiger partial charge is 0.148 e. The van der Waals surface area contributed by atoms with Crippen LogP contribution < -0.4 is 5.32 Å². The predicted molar refractivity (Wildman–Crippen MR) is 75.4 cm³/mol. The fourth-order valence-electron chi connectivity index (χ4n) is 1.53. The van der Waals surface area contributed by atoms with E-state index in [1.165, 1.54) is 11.8 Å². The molecule has 0 bridgehead atoms. The van der Waals surface area contributed by atoms with Crippen LogP contribution in [0, 0.1) is 0 Å². The number of sulfone groups is 1. The van der Waals surface area contributed by atoms with Gasteiger partial charge in [0.1, 0.15) is 9.84 Å². The Morgan fingerprint density at radius 2 is 1.83 bits per heavy atom. The van der Waals surface area contributed by atoms with Crippen LogP contribution in [0.15, 0.2) is 30.3 Å². The summed E-state index contributed by atoms with van der Waals surface area (Å²) in [7, 11) is -0.915. The average molecular weight is 270 g/mol. The Morgan fingerprint density at radius 3 is 2.44 bits per heavy atom. The van der Waals surface area contributed by atoms with Gasteiger partial charge >= 0.3 is 0 Å². The van der Waals surface area contributed by atoms with E-state index >= 15 is 0 Å². The Labute approximate surface area is 110 Å². The van der Waals surface area contributed by atoms with Crippen molar-refractivity contribution < 1.29 is 8.42 Å². The molecular weight excluding hydrogens is 248 g/mol. The minimum Gasteiger partial charge on any atom is -0.311 e. The summed E-state index contributed by atoms with van der Waals surface area (Å²) in [5.74, 6) is 0.224. The molecule has 0 saturated heterocycles. The van der Waals surface area contributed by atoms with E-state index in [9.17, 15) is 8.42 Å². The van der Waals surface area contributed by atoms with Crippen molar-refractivity contribution in [3.8, 4) is 0 Å². The largest absolute Gasteiger partial charge is 0.311 e. The topological polar surface area (TPSA) is 49.4 Å². The number of hydrogen-bond donors (Lipinski definition) is 1. The number of nitrogens with zero attached hydrogens (tertiary/aromatic N) is 1. The third-order valence-corrected chi connectivity index (χ3v) is 3.61. The van der Waals surface area contributed by atoms with Gasteiger partial charge in [0, 0.05) is 32.4 Å². The van der Waals surface area contributed by atoms with Gasteiger partial charge < -0.3 is 10.2 Å². The van der Waals surface area contributed by atoms with Gasteiger partial charge in [0.15, 0.2) is 0 Å². The molecule has 0 aromatic heterocycles. The molecule has 18 heavy (non-hydrogen) atoms. The molecule has 0 spiro atoms. The van der Waals surface area contributed by atoms with Gasteiger partial charge in [0.05, 0.1) is 5.75 Å². The van der Waals surface area contributed by atoms with Crippen LogP contribution >= 0.6 is 0 Å². The number of likely N-dealkylation sites (N-methyl/N-ethyl adjacent to an activating group) is 1. The molecule has 0 amide bonds. The van der Waals surface area contributed by atoms with Crippen molar-refractivity contribution in [2.45, 2.75) is 6.54 Å².